The fourth-order valence-electron chi connectivity index (χ4n) is 2.63. The largest absolute Gasteiger partial charge is 0.379 e. The van der Waals surface area contributed by atoms with Crippen molar-refractivity contribution in [3.05, 3.63) is 22.4 Å². The van der Waals surface area contributed by atoms with Gasteiger partial charge in [-0.15, -0.1) is 11.3 Å². The molecule has 1 aromatic rings. The summed E-state index contributed by atoms with van der Waals surface area (Å²) in [4.78, 5) is 4.16. The standard InChI is InChI=1S/C12H17NOS/c1-12(11-3-2-8-15-11)9-10(12)13-4-6-14-7-5-13/h2-3,8,10H,4-7,9H2,1H3/t10-,12-/m1/s1. The van der Waals surface area contributed by atoms with Crippen LogP contribution in [0.1, 0.15) is 18.2 Å². The zero-order valence-electron chi connectivity index (χ0n) is 9.11. The van der Waals surface area contributed by atoms with Crippen LogP contribution in [0.5, 0.6) is 0 Å². The van der Waals surface area contributed by atoms with Gasteiger partial charge in [0.15, 0.2) is 0 Å². The van der Waals surface area contributed by atoms with Crippen molar-refractivity contribution in [3.63, 3.8) is 0 Å². The Kier molecular flexibility index (Phi) is 2.34. The van der Waals surface area contributed by atoms with Gasteiger partial charge in [-0.2, -0.15) is 0 Å². The number of nitrogens with zero attached hydrogens (tertiary/aromatic N) is 1. The minimum absolute atomic E-state index is 0.436. The normalized spacial score (nSPS) is 36.7. The van der Waals surface area contributed by atoms with Gasteiger partial charge in [-0.3, -0.25) is 4.90 Å². The predicted octanol–water partition coefficient (Wildman–Crippen LogP) is 2.11. The molecular formula is C12H17NOS. The lowest BCUT2D eigenvalue weighted by molar-refractivity contribution is 0.0309. The van der Waals surface area contributed by atoms with Crippen molar-refractivity contribution in [3.8, 4) is 0 Å². The first kappa shape index (κ1) is 9.82. The Balaban J connectivity index is 1.71. The molecule has 1 aliphatic carbocycles. The predicted molar refractivity (Wildman–Crippen MR) is 62.5 cm³/mol. The Bertz CT molecular complexity index is 331. The van der Waals surface area contributed by atoms with Gasteiger partial charge in [-0.1, -0.05) is 13.0 Å². The monoisotopic (exact) mass is 223 g/mol. The second-order valence-corrected chi connectivity index (χ2v) is 5.71. The summed E-state index contributed by atoms with van der Waals surface area (Å²) in [5, 5.41) is 2.19. The number of hydrogen-bond donors (Lipinski definition) is 0. The topological polar surface area (TPSA) is 12.5 Å². The van der Waals surface area contributed by atoms with Gasteiger partial charge in [0.05, 0.1) is 13.2 Å². The van der Waals surface area contributed by atoms with E-state index >= 15 is 0 Å². The minimum Gasteiger partial charge on any atom is -0.379 e. The quantitative estimate of drug-likeness (QED) is 0.761. The summed E-state index contributed by atoms with van der Waals surface area (Å²) < 4.78 is 5.40. The van der Waals surface area contributed by atoms with E-state index < -0.39 is 0 Å². The Labute approximate surface area is 94.9 Å². The van der Waals surface area contributed by atoms with Crippen LogP contribution in [0.15, 0.2) is 17.5 Å². The highest BCUT2D eigenvalue weighted by Gasteiger charge is 2.54. The van der Waals surface area contributed by atoms with Crippen molar-refractivity contribution in [1.29, 1.82) is 0 Å². The van der Waals surface area contributed by atoms with Gasteiger partial charge in [-0.05, 0) is 17.9 Å². The molecule has 2 fully saturated rings. The zero-order valence-corrected chi connectivity index (χ0v) is 9.93. The van der Waals surface area contributed by atoms with Crippen molar-refractivity contribution in [2.75, 3.05) is 26.3 Å². The molecule has 3 rings (SSSR count). The van der Waals surface area contributed by atoms with E-state index in [4.69, 9.17) is 4.74 Å². The van der Waals surface area contributed by atoms with Crippen LogP contribution in [0.4, 0.5) is 0 Å². The maximum atomic E-state index is 5.40. The van der Waals surface area contributed by atoms with E-state index in [0.29, 0.717) is 5.41 Å². The van der Waals surface area contributed by atoms with Crippen molar-refractivity contribution in [1.82, 2.24) is 4.90 Å². The van der Waals surface area contributed by atoms with E-state index in [-0.39, 0.29) is 0 Å². The van der Waals surface area contributed by atoms with Gasteiger partial charge >= 0.3 is 0 Å². The van der Waals surface area contributed by atoms with E-state index in [1.54, 1.807) is 4.88 Å². The van der Waals surface area contributed by atoms with Crippen LogP contribution in [0.2, 0.25) is 0 Å². The summed E-state index contributed by atoms with van der Waals surface area (Å²) in [5.74, 6) is 0. The smallest absolute Gasteiger partial charge is 0.0594 e. The minimum atomic E-state index is 0.436. The summed E-state index contributed by atoms with van der Waals surface area (Å²) in [6.45, 7) is 6.46. The molecule has 2 nitrogen and oxygen atoms in total. The molecule has 2 heterocycles. The molecule has 82 valence electrons. The fourth-order valence-corrected chi connectivity index (χ4v) is 3.58. The van der Waals surface area contributed by atoms with Crippen LogP contribution < -0.4 is 0 Å². The number of rotatable bonds is 2. The molecule has 0 aromatic carbocycles. The van der Waals surface area contributed by atoms with Gasteiger partial charge < -0.3 is 4.74 Å². The molecule has 0 radical (unpaired) electrons. The highest BCUT2D eigenvalue weighted by molar-refractivity contribution is 7.10. The lowest BCUT2D eigenvalue weighted by Gasteiger charge is -2.28. The van der Waals surface area contributed by atoms with E-state index in [2.05, 4.69) is 29.3 Å². The summed E-state index contributed by atoms with van der Waals surface area (Å²) >= 11 is 1.90. The van der Waals surface area contributed by atoms with Crippen molar-refractivity contribution >= 4 is 11.3 Å². The Morgan fingerprint density at radius 3 is 2.93 bits per heavy atom. The molecular weight excluding hydrogens is 206 g/mol. The molecule has 15 heavy (non-hydrogen) atoms. The summed E-state index contributed by atoms with van der Waals surface area (Å²) in [5.41, 5.74) is 0.436. The van der Waals surface area contributed by atoms with Crippen LogP contribution in [0.3, 0.4) is 0 Å². The average molecular weight is 223 g/mol. The van der Waals surface area contributed by atoms with Gasteiger partial charge in [-0.25, -0.2) is 0 Å². The Morgan fingerprint density at radius 1 is 1.47 bits per heavy atom. The van der Waals surface area contributed by atoms with Crippen LogP contribution in [0.25, 0.3) is 0 Å². The maximum Gasteiger partial charge on any atom is 0.0594 e. The SMILES string of the molecule is C[C@@]1(c2cccs2)C[C@H]1N1CCOCC1. The van der Waals surface area contributed by atoms with Crippen molar-refractivity contribution < 1.29 is 4.74 Å². The summed E-state index contributed by atoms with van der Waals surface area (Å²) in [6, 6.07) is 5.21. The molecule has 0 N–H and O–H groups in total. The summed E-state index contributed by atoms with van der Waals surface area (Å²) in [6.07, 6.45) is 1.33. The van der Waals surface area contributed by atoms with E-state index in [0.717, 1.165) is 32.3 Å². The number of thiophene rings is 1. The molecule has 2 aliphatic rings. The van der Waals surface area contributed by atoms with Gasteiger partial charge in [0.2, 0.25) is 0 Å². The second kappa shape index (κ2) is 3.58. The first-order chi connectivity index (χ1) is 7.31. The molecule has 1 saturated carbocycles. The zero-order chi connectivity index (χ0) is 10.3. The Hall–Kier alpha value is -0.380. The first-order valence-corrected chi connectivity index (χ1v) is 6.54. The molecule has 0 bridgehead atoms. The van der Waals surface area contributed by atoms with Gasteiger partial charge in [0.1, 0.15) is 0 Å². The lowest BCUT2D eigenvalue weighted by Crippen LogP contribution is -2.40. The third-order valence-electron chi connectivity index (χ3n) is 3.76. The number of morpholine rings is 1. The van der Waals surface area contributed by atoms with Crippen LogP contribution >= 0.6 is 11.3 Å². The lowest BCUT2D eigenvalue weighted by atomic mass is 10.1. The van der Waals surface area contributed by atoms with E-state index in [1.165, 1.54) is 6.42 Å². The number of ether oxygens (including phenoxy) is 1. The third-order valence-corrected chi connectivity index (χ3v) is 4.91. The molecule has 3 heteroatoms. The van der Waals surface area contributed by atoms with Crippen molar-refractivity contribution in [2.45, 2.75) is 24.8 Å². The molecule has 0 amide bonds. The van der Waals surface area contributed by atoms with E-state index in [9.17, 15) is 0 Å². The van der Waals surface area contributed by atoms with Crippen molar-refractivity contribution in [2.24, 2.45) is 0 Å². The number of hydrogen-bond acceptors (Lipinski definition) is 3. The molecule has 1 aliphatic heterocycles. The highest BCUT2D eigenvalue weighted by Crippen LogP contribution is 2.52. The van der Waals surface area contributed by atoms with Gasteiger partial charge in [0.25, 0.3) is 0 Å². The fraction of sp³-hybridized carbons (Fsp3) is 0.667. The molecule has 1 saturated heterocycles. The van der Waals surface area contributed by atoms with Crippen LogP contribution in [-0.2, 0) is 10.2 Å². The van der Waals surface area contributed by atoms with E-state index in [1.807, 2.05) is 11.3 Å². The third kappa shape index (κ3) is 1.63. The highest BCUT2D eigenvalue weighted by atomic mass is 32.1. The maximum absolute atomic E-state index is 5.40. The molecule has 1 aromatic heterocycles. The molecule has 0 unspecified atom stereocenters. The second-order valence-electron chi connectivity index (χ2n) is 4.76. The Morgan fingerprint density at radius 2 is 2.27 bits per heavy atom. The summed E-state index contributed by atoms with van der Waals surface area (Å²) in [7, 11) is 0. The molecule has 2 atom stereocenters. The van der Waals surface area contributed by atoms with Gasteiger partial charge in [0, 0.05) is 29.4 Å². The van der Waals surface area contributed by atoms with Crippen LogP contribution in [-0.4, -0.2) is 37.2 Å². The average Bonchev–Trinajstić information content (AvgIpc) is 2.76. The first-order valence-electron chi connectivity index (χ1n) is 5.66. The van der Waals surface area contributed by atoms with Crippen LogP contribution in [0, 0.1) is 0 Å². The molecule has 0 spiro atoms.